The summed E-state index contributed by atoms with van der Waals surface area (Å²) >= 11 is 0. The van der Waals surface area contributed by atoms with Crippen LogP contribution in [-0.4, -0.2) is 48.8 Å². The first-order valence-corrected chi connectivity index (χ1v) is 7.27. The molecule has 0 aliphatic heterocycles. The van der Waals surface area contributed by atoms with Gasteiger partial charge in [0.05, 0.1) is 6.10 Å². The highest BCUT2D eigenvalue weighted by atomic mass is 16.3. The Bertz CT molecular complexity index is 200. The molecule has 1 rings (SSSR count). The first-order chi connectivity index (χ1) is 8.15. The number of hydrogen-bond acceptors (Lipinski definition) is 3. The van der Waals surface area contributed by atoms with Crippen LogP contribution < -0.4 is 5.32 Å². The Morgan fingerprint density at radius 1 is 1.24 bits per heavy atom. The molecule has 3 nitrogen and oxygen atoms in total. The van der Waals surface area contributed by atoms with Crippen LogP contribution in [0.1, 0.15) is 46.5 Å². The van der Waals surface area contributed by atoms with Crippen molar-refractivity contribution in [2.75, 3.05) is 32.7 Å². The SMILES string of the molecule is CCCC1(CNCC(O)CN(CC)CC)CC1. The average molecular weight is 242 g/mol. The summed E-state index contributed by atoms with van der Waals surface area (Å²) in [5.74, 6) is 0. The van der Waals surface area contributed by atoms with Crippen molar-refractivity contribution in [3.05, 3.63) is 0 Å². The van der Waals surface area contributed by atoms with Crippen molar-refractivity contribution in [3.63, 3.8) is 0 Å². The third-order valence-corrected chi connectivity index (χ3v) is 3.98. The van der Waals surface area contributed by atoms with E-state index in [1.165, 1.54) is 25.7 Å². The molecule has 1 fully saturated rings. The van der Waals surface area contributed by atoms with Gasteiger partial charge in [-0.05, 0) is 37.8 Å². The van der Waals surface area contributed by atoms with E-state index in [1.807, 2.05) is 0 Å². The molecule has 0 saturated heterocycles. The number of rotatable bonds is 10. The second-order valence-electron chi connectivity index (χ2n) is 5.52. The lowest BCUT2D eigenvalue weighted by Crippen LogP contribution is -2.39. The van der Waals surface area contributed by atoms with E-state index in [4.69, 9.17) is 0 Å². The highest BCUT2D eigenvalue weighted by Crippen LogP contribution is 2.48. The smallest absolute Gasteiger partial charge is 0.0791 e. The second-order valence-corrected chi connectivity index (χ2v) is 5.52. The van der Waals surface area contributed by atoms with E-state index in [-0.39, 0.29) is 6.10 Å². The van der Waals surface area contributed by atoms with E-state index >= 15 is 0 Å². The fourth-order valence-corrected chi connectivity index (χ4v) is 2.57. The first-order valence-electron chi connectivity index (χ1n) is 7.27. The van der Waals surface area contributed by atoms with Crippen LogP contribution in [0, 0.1) is 5.41 Å². The topological polar surface area (TPSA) is 35.5 Å². The quantitative estimate of drug-likeness (QED) is 0.614. The minimum atomic E-state index is -0.229. The summed E-state index contributed by atoms with van der Waals surface area (Å²) in [5.41, 5.74) is 0.587. The van der Waals surface area contributed by atoms with Crippen LogP contribution in [0.15, 0.2) is 0 Å². The number of aliphatic hydroxyl groups excluding tert-OH is 1. The molecule has 17 heavy (non-hydrogen) atoms. The zero-order valence-electron chi connectivity index (χ0n) is 11.8. The number of hydrogen-bond donors (Lipinski definition) is 2. The summed E-state index contributed by atoms with van der Waals surface area (Å²) in [6.45, 7) is 11.2. The molecule has 1 aliphatic carbocycles. The van der Waals surface area contributed by atoms with E-state index < -0.39 is 0 Å². The van der Waals surface area contributed by atoms with Crippen LogP contribution in [0.3, 0.4) is 0 Å². The van der Waals surface area contributed by atoms with Crippen molar-refractivity contribution < 1.29 is 5.11 Å². The van der Waals surface area contributed by atoms with Crippen LogP contribution in [0.5, 0.6) is 0 Å². The molecule has 3 heteroatoms. The van der Waals surface area contributed by atoms with Crippen molar-refractivity contribution in [3.8, 4) is 0 Å². The van der Waals surface area contributed by atoms with Gasteiger partial charge in [0.25, 0.3) is 0 Å². The van der Waals surface area contributed by atoms with Gasteiger partial charge in [-0.3, -0.25) is 0 Å². The fourth-order valence-electron chi connectivity index (χ4n) is 2.57. The molecule has 0 aromatic heterocycles. The normalized spacial score (nSPS) is 19.6. The van der Waals surface area contributed by atoms with Gasteiger partial charge < -0.3 is 15.3 Å². The molecule has 1 atom stereocenters. The van der Waals surface area contributed by atoms with Gasteiger partial charge in [-0.25, -0.2) is 0 Å². The van der Waals surface area contributed by atoms with E-state index in [1.54, 1.807) is 0 Å². The molecule has 0 aromatic rings. The Morgan fingerprint density at radius 2 is 1.88 bits per heavy atom. The zero-order chi connectivity index (χ0) is 12.7. The van der Waals surface area contributed by atoms with Crippen LogP contribution in [0.2, 0.25) is 0 Å². The molecule has 0 spiro atoms. The summed E-state index contributed by atoms with van der Waals surface area (Å²) in [7, 11) is 0. The van der Waals surface area contributed by atoms with E-state index in [0.717, 1.165) is 32.7 Å². The molecule has 0 radical (unpaired) electrons. The molecule has 1 unspecified atom stereocenters. The Kier molecular flexibility index (Phi) is 6.45. The Labute approximate surface area is 107 Å². The van der Waals surface area contributed by atoms with Crippen molar-refractivity contribution in [2.45, 2.75) is 52.6 Å². The molecule has 0 amide bonds. The summed E-state index contributed by atoms with van der Waals surface area (Å²) in [6.07, 6.45) is 5.14. The van der Waals surface area contributed by atoms with Gasteiger partial charge in [-0.1, -0.05) is 27.2 Å². The molecular formula is C14H30N2O. The highest BCUT2D eigenvalue weighted by Gasteiger charge is 2.40. The average Bonchev–Trinajstić information content (AvgIpc) is 3.06. The molecule has 0 heterocycles. The third kappa shape index (κ3) is 5.36. The highest BCUT2D eigenvalue weighted by molar-refractivity contribution is 4.94. The van der Waals surface area contributed by atoms with E-state index in [0.29, 0.717) is 5.41 Å². The number of nitrogens with zero attached hydrogens (tertiary/aromatic N) is 1. The minimum Gasteiger partial charge on any atom is -0.390 e. The largest absolute Gasteiger partial charge is 0.390 e. The van der Waals surface area contributed by atoms with E-state index in [2.05, 4.69) is 31.0 Å². The predicted molar refractivity (Wildman–Crippen MR) is 73.2 cm³/mol. The molecule has 0 bridgehead atoms. The van der Waals surface area contributed by atoms with Crippen molar-refractivity contribution in [1.29, 1.82) is 0 Å². The maximum atomic E-state index is 9.92. The first kappa shape index (κ1) is 14.9. The molecule has 0 aromatic carbocycles. The summed E-state index contributed by atoms with van der Waals surface area (Å²) < 4.78 is 0. The number of likely N-dealkylation sites (N-methyl/N-ethyl adjacent to an activating group) is 1. The Hall–Kier alpha value is -0.120. The lowest BCUT2D eigenvalue weighted by molar-refractivity contribution is 0.115. The maximum Gasteiger partial charge on any atom is 0.0791 e. The molecule has 2 N–H and O–H groups in total. The van der Waals surface area contributed by atoms with Crippen molar-refractivity contribution in [1.82, 2.24) is 10.2 Å². The fraction of sp³-hybridized carbons (Fsp3) is 1.00. The van der Waals surface area contributed by atoms with Gasteiger partial charge in [0.1, 0.15) is 0 Å². The van der Waals surface area contributed by atoms with Gasteiger partial charge in [-0.15, -0.1) is 0 Å². The van der Waals surface area contributed by atoms with Crippen LogP contribution >= 0.6 is 0 Å². The van der Waals surface area contributed by atoms with Crippen molar-refractivity contribution >= 4 is 0 Å². The lowest BCUT2D eigenvalue weighted by atomic mass is 10.0. The third-order valence-electron chi connectivity index (χ3n) is 3.98. The van der Waals surface area contributed by atoms with Gasteiger partial charge in [0.2, 0.25) is 0 Å². The maximum absolute atomic E-state index is 9.92. The summed E-state index contributed by atoms with van der Waals surface area (Å²) in [4.78, 5) is 2.27. The van der Waals surface area contributed by atoms with E-state index in [9.17, 15) is 5.11 Å². The van der Waals surface area contributed by atoms with Crippen LogP contribution in [-0.2, 0) is 0 Å². The summed E-state index contributed by atoms with van der Waals surface area (Å²) in [5, 5.41) is 13.4. The van der Waals surface area contributed by atoms with Gasteiger partial charge in [-0.2, -0.15) is 0 Å². The number of aliphatic hydroxyl groups is 1. The predicted octanol–water partition coefficient (Wildman–Crippen LogP) is 1.86. The van der Waals surface area contributed by atoms with Gasteiger partial charge in [0.15, 0.2) is 0 Å². The van der Waals surface area contributed by atoms with Crippen LogP contribution in [0.4, 0.5) is 0 Å². The Morgan fingerprint density at radius 3 is 2.35 bits per heavy atom. The van der Waals surface area contributed by atoms with Crippen molar-refractivity contribution in [2.24, 2.45) is 5.41 Å². The Balaban J connectivity index is 2.09. The van der Waals surface area contributed by atoms with Gasteiger partial charge in [0, 0.05) is 19.6 Å². The minimum absolute atomic E-state index is 0.229. The molecule has 102 valence electrons. The molecular weight excluding hydrogens is 212 g/mol. The lowest BCUT2D eigenvalue weighted by Gasteiger charge is -2.23. The van der Waals surface area contributed by atoms with Crippen LogP contribution in [0.25, 0.3) is 0 Å². The molecule has 1 aliphatic rings. The zero-order valence-corrected chi connectivity index (χ0v) is 11.8. The van der Waals surface area contributed by atoms with Gasteiger partial charge >= 0.3 is 0 Å². The molecule has 1 saturated carbocycles. The summed E-state index contributed by atoms with van der Waals surface area (Å²) in [6, 6.07) is 0. The standard InChI is InChI=1S/C14H30N2O/c1-4-7-14(8-9-14)12-15-10-13(17)11-16(5-2)6-3/h13,15,17H,4-12H2,1-3H3. The monoisotopic (exact) mass is 242 g/mol. The number of nitrogens with one attached hydrogen (secondary N) is 1. The second kappa shape index (κ2) is 7.34.